The zero-order chi connectivity index (χ0) is 19.6. The van der Waals surface area contributed by atoms with E-state index in [9.17, 15) is 19.2 Å². The van der Waals surface area contributed by atoms with E-state index in [4.69, 9.17) is 15.9 Å². The van der Waals surface area contributed by atoms with Crippen LogP contribution in [0.4, 0.5) is 0 Å². The van der Waals surface area contributed by atoms with Crippen molar-refractivity contribution in [3.8, 4) is 0 Å². The fourth-order valence-electron chi connectivity index (χ4n) is 2.04. The fraction of sp³-hybridized carbons (Fsp3) is 0.733. The highest BCUT2D eigenvalue weighted by atomic mass is 32.2. The SMILES string of the molecule is CSCC[C@H](NC(=O)[C@H](CC(=O)O)NC(=O)[C@@H](N)CC(C)C)C(=O)O. The third-order valence-corrected chi connectivity index (χ3v) is 3.94. The zero-order valence-electron chi connectivity index (χ0n) is 14.7. The summed E-state index contributed by atoms with van der Waals surface area (Å²) in [7, 11) is 0. The molecule has 144 valence electrons. The van der Waals surface area contributed by atoms with Crippen LogP contribution in [-0.4, -0.2) is 64.1 Å². The van der Waals surface area contributed by atoms with E-state index in [2.05, 4.69) is 10.6 Å². The first-order valence-electron chi connectivity index (χ1n) is 7.88. The number of carboxylic acid groups (broad SMARTS) is 2. The molecule has 0 aliphatic carbocycles. The van der Waals surface area contributed by atoms with Gasteiger partial charge in [0.05, 0.1) is 12.5 Å². The highest BCUT2D eigenvalue weighted by molar-refractivity contribution is 7.98. The van der Waals surface area contributed by atoms with Crippen molar-refractivity contribution in [3.63, 3.8) is 0 Å². The number of carbonyl (C=O) groups is 4. The minimum atomic E-state index is -1.39. The number of nitrogens with one attached hydrogen (secondary N) is 2. The molecular formula is C15H27N3O6S. The lowest BCUT2D eigenvalue weighted by Gasteiger charge is -2.22. The van der Waals surface area contributed by atoms with Crippen molar-refractivity contribution in [2.45, 2.75) is 51.2 Å². The molecule has 0 aromatic carbocycles. The predicted molar refractivity (Wildman–Crippen MR) is 94.2 cm³/mol. The summed E-state index contributed by atoms with van der Waals surface area (Å²) >= 11 is 1.42. The number of carboxylic acids is 2. The van der Waals surface area contributed by atoms with Crippen LogP contribution in [0.2, 0.25) is 0 Å². The van der Waals surface area contributed by atoms with Gasteiger partial charge in [-0.25, -0.2) is 4.79 Å². The molecule has 0 bridgehead atoms. The molecular weight excluding hydrogens is 350 g/mol. The largest absolute Gasteiger partial charge is 0.481 e. The van der Waals surface area contributed by atoms with Crippen molar-refractivity contribution >= 4 is 35.5 Å². The predicted octanol–water partition coefficient (Wildman–Crippen LogP) is -0.358. The van der Waals surface area contributed by atoms with E-state index in [1.807, 2.05) is 13.8 Å². The second kappa shape index (κ2) is 11.7. The Labute approximate surface area is 151 Å². The molecule has 0 radical (unpaired) electrons. The number of rotatable bonds is 12. The second-order valence-electron chi connectivity index (χ2n) is 6.08. The molecule has 0 spiro atoms. The number of hydrogen-bond acceptors (Lipinski definition) is 6. The van der Waals surface area contributed by atoms with Crippen molar-refractivity contribution in [1.29, 1.82) is 0 Å². The van der Waals surface area contributed by atoms with Gasteiger partial charge in [0.15, 0.2) is 0 Å². The molecule has 3 atom stereocenters. The smallest absolute Gasteiger partial charge is 0.326 e. The Morgan fingerprint density at radius 3 is 2.04 bits per heavy atom. The van der Waals surface area contributed by atoms with Crippen LogP contribution in [0.3, 0.4) is 0 Å². The highest BCUT2D eigenvalue weighted by Crippen LogP contribution is 2.05. The summed E-state index contributed by atoms with van der Waals surface area (Å²) in [6, 6.07) is -3.42. The second-order valence-corrected chi connectivity index (χ2v) is 7.06. The van der Waals surface area contributed by atoms with Crippen molar-refractivity contribution < 1.29 is 29.4 Å². The molecule has 0 aromatic rings. The number of aliphatic carboxylic acids is 2. The lowest BCUT2D eigenvalue weighted by Crippen LogP contribution is -2.55. The molecule has 0 fully saturated rings. The lowest BCUT2D eigenvalue weighted by atomic mass is 10.0. The number of amides is 2. The first-order chi connectivity index (χ1) is 11.6. The van der Waals surface area contributed by atoms with E-state index < -0.39 is 48.3 Å². The van der Waals surface area contributed by atoms with Crippen molar-refractivity contribution in [3.05, 3.63) is 0 Å². The summed E-state index contributed by atoms with van der Waals surface area (Å²) in [6.07, 6.45) is 1.69. The van der Waals surface area contributed by atoms with Gasteiger partial charge in [0.25, 0.3) is 0 Å². The summed E-state index contributed by atoms with van der Waals surface area (Å²) in [4.78, 5) is 46.4. The molecule has 9 nitrogen and oxygen atoms in total. The number of thioether (sulfide) groups is 1. The molecule has 25 heavy (non-hydrogen) atoms. The molecule has 0 aromatic heterocycles. The van der Waals surface area contributed by atoms with Crippen molar-refractivity contribution in [2.24, 2.45) is 11.7 Å². The fourth-order valence-corrected chi connectivity index (χ4v) is 2.51. The van der Waals surface area contributed by atoms with E-state index in [0.29, 0.717) is 12.2 Å². The molecule has 0 unspecified atom stereocenters. The molecule has 0 saturated heterocycles. The van der Waals surface area contributed by atoms with Gasteiger partial charge in [-0.05, 0) is 30.8 Å². The summed E-state index contributed by atoms with van der Waals surface area (Å²) in [5, 5.41) is 22.6. The molecule has 6 N–H and O–H groups in total. The first-order valence-corrected chi connectivity index (χ1v) is 9.27. The van der Waals surface area contributed by atoms with Gasteiger partial charge in [0, 0.05) is 0 Å². The van der Waals surface area contributed by atoms with E-state index >= 15 is 0 Å². The molecule has 2 amide bonds. The van der Waals surface area contributed by atoms with Gasteiger partial charge >= 0.3 is 11.9 Å². The van der Waals surface area contributed by atoms with Crippen LogP contribution in [0.25, 0.3) is 0 Å². The van der Waals surface area contributed by atoms with Crippen LogP contribution < -0.4 is 16.4 Å². The van der Waals surface area contributed by atoms with E-state index in [1.165, 1.54) is 11.8 Å². The topological polar surface area (TPSA) is 159 Å². The molecule has 0 aliphatic heterocycles. The summed E-state index contributed by atoms with van der Waals surface area (Å²) < 4.78 is 0. The maximum atomic E-state index is 12.2. The molecule has 0 heterocycles. The van der Waals surface area contributed by atoms with Gasteiger partial charge in [-0.3, -0.25) is 14.4 Å². The highest BCUT2D eigenvalue weighted by Gasteiger charge is 2.29. The Morgan fingerprint density at radius 1 is 1.04 bits per heavy atom. The van der Waals surface area contributed by atoms with Crippen molar-refractivity contribution in [1.82, 2.24) is 10.6 Å². The molecule has 0 rings (SSSR count). The van der Waals surface area contributed by atoms with Gasteiger partial charge in [-0.1, -0.05) is 13.8 Å². The minimum Gasteiger partial charge on any atom is -0.481 e. The van der Waals surface area contributed by atoms with Crippen LogP contribution in [0.5, 0.6) is 0 Å². The third kappa shape index (κ3) is 9.92. The van der Waals surface area contributed by atoms with E-state index in [0.717, 1.165) is 0 Å². The molecule has 0 saturated carbocycles. The number of hydrogen-bond donors (Lipinski definition) is 5. The zero-order valence-corrected chi connectivity index (χ0v) is 15.5. The van der Waals surface area contributed by atoms with E-state index in [-0.39, 0.29) is 12.3 Å². The number of carbonyl (C=O) groups excluding carboxylic acids is 2. The Hall–Kier alpha value is -1.81. The van der Waals surface area contributed by atoms with Gasteiger partial charge in [-0.2, -0.15) is 11.8 Å². The van der Waals surface area contributed by atoms with Gasteiger partial charge < -0.3 is 26.6 Å². The summed E-state index contributed by atoms with van der Waals surface area (Å²) in [5.74, 6) is -3.37. The average Bonchev–Trinajstić information content (AvgIpc) is 2.48. The van der Waals surface area contributed by atoms with Gasteiger partial charge in [-0.15, -0.1) is 0 Å². The van der Waals surface area contributed by atoms with Crippen LogP contribution >= 0.6 is 11.8 Å². The minimum absolute atomic E-state index is 0.149. The Bertz CT molecular complexity index is 486. The Kier molecular flexibility index (Phi) is 10.8. The van der Waals surface area contributed by atoms with Crippen LogP contribution in [0.15, 0.2) is 0 Å². The van der Waals surface area contributed by atoms with Gasteiger partial charge in [0.2, 0.25) is 11.8 Å². The standard InChI is InChI=1S/C15H27N3O6S/c1-8(2)6-9(16)13(21)18-11(7-12(19)20)14(22)17-10(15(23)24)4-5-25-3/h8-11H,4-7,16H2,1-3H3,(H,17,22)(H,18,21)(H,19,20)(H,23,24)/t9-,10-,11-/m0/s1. The van der Waals surface area contributed by atoms with Crippen LogP contribution in [-0.2, 0) is 19.2 Å². The first kappa shape index (κ1) is 23.2. The maximum absolute atomic E-state index is 12.2. The molecule has 0 aliphatic rings. The summed E-state index contributed by atoms with van der Waals surface area (Å²) in [5.41, 5.74) is 5.72. The monoisotopic (exact) mass is 377 g/mol. The molecule has 10 heteroatoms. The number of nitrogens with two attached hydrogens (primary N) is 1. The van der Waals surface area contributed by atoms with E-state index in [1.54, 1.807) is 6.26 Å². The third-order valence-electron chi connectivity index (χ3n) is 3.30. The normalized spacial score (nSPS) is 14.4. The Morgan fingerprint density at radius 2 is 1.60 bits per heavy atom. The quantitative estimate of drug-likeness (QED) is 0.308. The Balaban J connectivity index is 4.99. The average molecular weight is 377 g/mol. The van der Waals surface area contributed by atoms with Crippen LogP contribution in [0, 0.1) is 5.92 Å². The summed E-state index contributed by atoms with van der Waals surface area (Å²) in [6.45, 7) is 3.75. The van der Waals surface area contributed by atoms with Crippen LogP contribution in [0.1, 0.15) is 33.1 Å². The van der Waals surface area contributed by atoms with Crippen molar-refractivity contribution in [2.75, 3.05) is 12.0 Å². The van der Waals surface area contributed by atoms with Gasteiger partial charge in [0.1, 0.15) is 12.1 Å². The maximum Gasteiger partial charge on any atom is 0.326 e. The lowest BCUT2D eigenvalue weighted by molar-refractivity contribution is -0.143.